The monoisotopic (exact) mass is 337 g/mol. The molecule has 0 fully saturated rings. The molecule has 1 aromatic heterocycles. The number of nitrogens with zero attached hydrogens (tertiary/aromatic N) is 3. The summed E-state index contributed by atoms with van der Waals surface area (Å²) in [4.78, 5) is 11.8. The normalized spacial score (nSPS) is 10.3. The van der Waals surface area contributed by atoms with E-state index >= 15 is 0 Å². The summed E-state index contributed by atoms with van der Waals surface area (Å²) in [5.41, 5.74) is 2.96. The van der Waals surface area contributed by atoms with Gasteiger partial charge in [0, 0.05) is 29.7 Å². The largest absolute Gasteiger partial charge is 0.318 e. The molecule has 3 rings (SSSR count). The van der Waals surface area contributed by atoms with Crippen LogP contribution in [0.4, 0.5) is 8.96 Å². The molecule has 124 valence electrons. The van der Waals surface area contributed by atoms with E-state index in [9.17, 15) is 13.8 Å². The van der Waals surface area contributed by atoms with Gasteiger partial charge in [0.25, 0.3) is 0 Å². The first-order valence-corrected chi connectivity index (χ1v) is 7.37. The predicted molar refractivity (Wildman–Crippen MR) is 90.4 cm³/mol. The number of rotatable bonds is 3. The van der Waals surface area contributed by atoms with Gasteiger partial charge >= 0.3 is 5.91 Å². The number of terminal acetylenes is 1. The van der Waals surface area contributed by atoms with Crippen LogP contribution in [0.2, 0.25) is 0 Å². The van der Waals surface area contributed by atoms with Crippen molar-refractivity contribution in [1.29, 1.82) is 0 Å². The highest BCUT2D eigenvalue weighted by Gasteiger charge is 2.24. The van der Waals surface area contributed by atoms with E-state index in [-0.39, 0.29) is 11.3 Å². The molecule has 0 saturated heterocycles. The molecule has 1 amide bonds. The second-order valence-electron chi connectivity index (χ2n) is 5.37. The Morgan fingerprint density at radius 3 is 2.36 bits per heavy atom. The van der Waals surface area contributed by atoms with Gasteiger partial charge in [0.1, 0.15) is 5.69 Å². The van der Waals surface area contributed by atoms with Crippen LogP contribution in [0.15, 0.2) is 54.7 Å². The van der Waals surface area contributed by atoms with Crippen molar-refractivity contribution in [2.45, 2.75) is 0 Å². The molecule has 0 saturated carbocycles. The van der Waals surface area contributed by atoms with Gasteiger partial charge in [0.05, 0.1) is 5.56 Å². The van der Waals surface area contributed by atoms with Crippen molar-refractivity contribution in [2.75, 3.05) is 0 Å². The van der Waals surface area contributed by atoms with Gasteiger partial charge in [0.2, 0.25) is 0 Å². The number of hydrogen-bond acceptors (Lipinski definition) is 2. The van der Waals surface area contributed by atoms with E-state index in [0.717, 1.165) is 16.7 Å². The van der Waals surface area contributed by atoms with Crippen molar-refractivity contribution < 1.29 is 13.8 Å². The first kappa shape index (κ1) is 16.4. The molecule has 6 heteroatoms. The number of hydrogen-bond donors (Lipinski definition) is 0. The highest BCUT2D eigenvalue weighted by Crippen LogP contribution is 2.33. The summed E-state index contributed by atoms with van der Waals surface area (Å²) in [5.74, 6) is 1.14. The third kappa shape index (κ3) is 3.12. The maximum Gasteiger partial charge on any atom is 0.318 e. The molecular formula is C19H13F2N3O. The molecule has 1 heterocycles. The van der Waals surface area contributed by atoms with Crippen LogP contribution in [-0.4, -0.2) is 21.0 Å². The molecule has 0 spiro atoms. The van der Waals surface area contributed by atoms with Gasteiger partial charge in [-0.25, -0.2) is 0 Å². The number of aromatic nitrogens is 2. The molecule has 0 unspecified atom stereocenters. The average Bonchev–Trinajstić information content (AvgIpc) is 3.02. The first-order chi connectivity index (χ1) is 12.0. The Morgan fingerprint density at radius 2 is 1.76 bits per heavy atom. The lowest BCUT2D eigenvalue weighted by atomic mass is 9.95. The smallest absolute Gasteiger partial charge is 0.274 e. The summed E-state index contributed by atoms with van der Waals surface area (Å²) in [6, 6.07) is 14.4. The average molecular weight is 337 g/mol. The van der Waals surface area contributed by atoms with E-state index in [2.05, 4.69) is 11.0 Å². The minimum Gasteiger partial charge on any atom is -0.274 e. The summed E-state index contributed by atoms with van der Waals surface area (Å²) < 4.78 is 26.8. The number of carbonyl (C=O) groups excluding carboxylic acids is 1. The van der Waals surface area contributed by atoms with Crippen molar-refractivity contribution in [1.82, 2.24) is 15.1 Å². The Bertz CT molecular complexity index is 969. The fourth-order valence-corrected chi connectivity index (χ4v) is 2.62. The van der Waals surface area contributed by atoms with Crippen LogP contribution in [0.25, 0.3) is 22.4 Å². The number of aryl methyl sites for hydroxylation is 1. The van der Waals surface area contributed by atoms with Gasteiger partial charge in [-0.05, 0) is 23.3 Å². The minimum absolute atomic E-state index is 0.166. The third-order valence-electron chi connectivity index (χ3n) is 3.76. The molecule has 0 bridgehead atoms. The molecule has 0 atom stereocenters. The zero-order chi connectivity index (χ0) is 18.0. The van der Waals surface area contributed by atoms with Gasteiger partial charge in [-0.2, -0.15) is 5.10 Å². The number of carbonyl (C=O) groups is 1. The lowest BCUT2D eigenvalue weighted by Gasteiger charge is -2.09. The summed E-state index contributed by atoms with van der Waals surface area (Å²) in [6.07, 6.45) is 6.65. The van der Waals surface area contributed by atoms with Crippen molar-refractivity contribution >= 4 is 5.91 Å². The van der Waals surface area contributed by atoms with Crippen LogP contribution in [-0.2, 0) is 7.05 Å². The van der Waals surface area contributed by atoms with E-state index < -0.39 is 11.3 Å². The summed E-state index contributed by atoms with van der Waals surface area (Å²) in [5, 5.41) is 2.77. The van der Waals surface area contributed by atoms with Crippen LogP contribution >= 0.6 is 0 Å². The van der Waals surface area contributed by atoms with E-state index in [0.29, 0.717) is 5.56 Å². The molecule has 25 heavy (non-hydrogen) atoms. The van der Waals surface area contributed by atoms with Crippen molar-refractivity contribution in [3.63, 3.8) is 0 Å². The van der Waals surface area contributed by atoms with E-state index in [1.807, 2.05) is 24.3 Å². The maximum absolute atomic E-state index is 12.8. The fourth-order valence-electron chi connectivity index (χ4n) is 2.62. The van der Waals surface area contributed by atoms with Gasteiger partial charge in [0.15, 0.2) is 0 Å². The topological polar surface area (TPSA) is 38.1 Å². The van der Waals surface area contributed by atoms with Gasteiger partial charge in [-0.1, -0.05) is 51.3 Å². The third-order valence-corrected chi connectivity index (χ3v) is 3.76. The zero-order valence-corrected chi connectivity index (χ0v) is 13.3. The number of benzene rings is 2. The SMILES string of the molecule is C#Cc1ccc(-c2ccccc2-c2nn(C)cc2C(=O)N(F)F)cc1. The van der Waals surface area contributed by atoms with Gasteiger partial charge in [-0.15, -0.1) is 6.42 Å². The zero-order valence-electron chi connectivity index (χ0n) is 13.3. The Kier molecular flexibility index (Phi) is 4.31. The Labute approximate surface area is 143 Å². The van der Waals surface area contributed by atoms with Gasteiger partial charge in [-0.3, -0.25) is 9.48 Å². The van der Waals surface area contributed by atoms with Crippen LogP contribution < -0.4 is 0 Å². The van der Waals surface area contributed by atoms with Crippen molar-refractivity contribution in [2.24, 2.45) is 7.05 Å². The molecule has 0 aliphatic rings. The Balaban J connectivity index is 2.17. The molecule has 0 aliphatic carbocycles. The highest BCUT2D eigenvalue weighted by molar-refractivity contribution is 6.00. The second-order valence-corrected chi connectivity index (χ2v) is 5.37. The van der Waals surface area contributed by atoms with Crippen LogP contribution in [0, 0.1) is 12.3 Å². The fraction of sp³-hybridized carbons (Fsp3) is 0.0526. The van der Waals surface area contributed by atoms with Crippen molar-refractivity contribution in [3.8, 4) is 34.7 Å². The van der Waals surface area contributed by atoms with E-state index in [1.165, 1.54) is 10.9 Å². The predicted octanol–water partition coefficient (Wildman–Crippen LogP) is 3.95. The molecule has 0 N–H and O–H groups in total. The van der Waals surface area contributed by atoms with Crippen LogP contribution in [0.1, 0.15) is 15.9 Å². The lowest BCUT2D eigenvalue weighted by molar-refractivity contribution is -0.108. The molecular weight excluding hydrogens is 324 g/mol. The van der Waals surface area contributed by atoms with Gasteiger partial charge < -0.3 is 0 Å². The maximum atomic E-state index is 12.8. The number of amides is 1. The second kappa shape index (κ2) is 6.57. The summed E-state index contributed by atoms with van der Waals surface area (Å²) in [6.45, 7) is 0. The van der Waals surface area contributed by atoms with Crippen LogP contribution in [0.5, 0.6) is 0 Å². The van der Waals surface area contributed by atoms with Crippen LogP contribution in [0.3, 0.4) is 0 Å². The molecule has 0 aliphatic heterocycles. The standard InChI is InChI=1S/C19H13F2N3O/c1-3-13-8-10-14(11-9-13)15-6-4-5-7-16(15)18-17(12-23(2)22-18)19(25)24(20)21/h1,4-12H,2H3. The quantitative estimate of drug-likeness (QED) is 0.536. The lowest BCUT2D eigenvalue weighted by Crippen LogP contribution is -2.13. The van der Waals surface area contributed by atoms with E-state index in [1.54, 1.807) is 31.3 Å². The highest BCUT2D eigenvalue weighted by atomic mass is 19.4. The van der Waals surface area contributed by atoms with Crippen molar-refractivity contribution in [3.05, 3.63) is 65.9 Å². The number of halogens is 2. The summed E-state index contributed by atoms with van der Waals surface area (Å²) >= 11 is 0. The first-order valence-electron chi connectivity index (χ1n) is 7.37. The Hall–Kier alpha value is -3.46. The minimum atomic E-state index is -1.44. The molecule has 4 nitrogen and oxygen atoms in total. The Morgan fingerprint density at radius 1 is 1.12 bits per heavy atom. The van der Waals surface area contributed by atoms with E-state index in [4.69, 9.17) is 6.42 Å². The molecule has 0 radical (unpaired) electrons. The molecule has 3 aromatic rings. The molecule has 2 aromatic carbocycles. The summed E-state index contributed by atoms with van der Waals surface area (Å²) in [7, 11) is 1.57.